The molecule has 29 heavy (non-hydrogen) atoms. The molecule has 2 fully saturated rings. The molecule has 0 spiro atoms. The van der Waals surface area contributed by atoms with E-state index in [1.54, 1.807) is 7.05 Å². The Kier molecular flexibility index (Phi) is 9.56. The summed E-state index contributed by atoms with van der Waals surface area (Å²) in [5.41, 5.74) is 0. The van der Waals surface area contributed by atoms with Gasteiger partial charge in [0.25, 0.3) is 0 Å². The molecule has 0 radical (unpaired) electrons. The van der Waals surface area contributed by atoms with Gasteiger partial charge in [-0.1, -0.05) is 0 Å². The highest BCUT2D eigenvalue weighted by atomic mass is 16.7. The number of nitrogens with one attached hydrogen (secondary N) is 1. The molecule has 0 amide bonds. The third-order valence-corrected chi connectivity index (χ3v) is 5.03. The summed E-state index contributed by atoms with van der Waals surface area (Å²) >= 11 is 0. The van der Waals surface area contributed by atoms with Crippen LogP contribution in [0, 0.1) is 0 Å². The lowest BCUT2D eigenvalue weighted by Crippen LogP contribution is -2.60. The molecule has 11 atom stereocenters. The first-order valence-corrected chi connectivity index (χ1v) is 9.26. The molecule has 0 saturated carbocycles. The van der Waals surface area contributed by atoms with Gasteiger partial charge in [0.15, 0.2) is 12.6 Å². The van der Waals surface area contributed by atoms with Gasteiger partial charge in [0, 0.05) is 0 Å². The number of ether oxygens (including phenoxy) is 4. The molecule has 0 aromatic carbocycles. The van der Waals surface area contributed by atoms with Crippen molar-refractivity contribution in [2.75, 3.05) is 33.5 Å². The summed E-state index contributed by atoms with van der Waals surface area (Å²) in [5, 5.41) is 80.2. The van der Waals surface area contributed by atoms with Gasteiger partial charge in [-0.25, -0.2) is 0 Å². The number of aliphatic hydroxyl groups is 8. The van der Waals surface area contributed by atoms with Crippen molar-refractivity contribution in [1.82, 2.24) is 5.32 Å². The van der Waals surface area contributed by atoms with Gasteiger partial charge in [0.1, 0.15) is 48.8 Å². The second-order valence-corrected chi connectivity index (χ2v) is 7.05. The van der Waals surface area contributed by atoms with Crippen LogP contribution in [-0.4, -0.2) is 142 Å². The zero-order valence-electron chi connectivity index (χ0n) is 15.9. The molecule has 2 unspecified atom stereocenters. The topological polar surface area (TPSA) is 211 Å². The van der Waals surface area contributed by atoms with Gasteiger partial charge < -0.3 is 65.1 Å². The lowest BCUT2D eigenvalue weighted by molar-refractivity contribution is -0.309. The molecule has 2 saturated heterocycles. The van der Waals surface area contributed by atoms with Gasteiger partial charge in [0.05, 0.1) is 32.5 Å². The van der Waals surface area contributed by atoms with Gasteiger partial charge >= 0.3 is 0 Å². The predicted octanol–water partition coefficient (Wildman–Crippen LogP) is -5.79. The Hall–Kier alpha value is -0.520. The van der Waals surface area contributed by atoms with Gasteiger partial charge in [-0.3, -0.25) is 0 Å². The van der Waals surface area contributed by atoms with Crippen LogP contribution in [0.2, 0.25) is 0 Å². The Labute approximate surface area is 167 Å². The molecule has 0 aromatic rings. The van der Waals surface area contributed by atoms with E-state index < -0.39 is 80.7 Å². The van der Waals surface area contributed by atoms with Crippen LogP contribution in [0.25, 0.3) is 0 Å². The maximum absolute atomic E-state index is 9.96. The van der Waals surface area contributed by atoms with Gasteiger partial charge in [-0.05, 0) is 7.05 Å². The van der Waals surface area contributed by atoms with Crippen LogP contribution < -0.4 is 5.32 Å². The molecule has 13 heteroatoms. The van der Waals surface area contributed by atoms with Crippen molar-refractivity contribution in [2.45, 2.75) is 67.5 Å². The summed E-state index contributed by atoms with van der Waals surface area (Å²) in [4.78, 5) is 0. The van der Waals surface area contributed by atoms with E-state index in [0.29, 0.717) is 0 Å². The smallest absolute Gasteiger partial charge is 0.186 e. The van der Waals surface area contributed by atoms with Crippen LogP contribution in [0.1, 0.15) is 0 Å². The molecular weight excluding hydrogens is 398 g/mol. The van der Waals surface area contributed by atoms with E-state index in [1.807, 2.05) is 0 Å². The Morgan fingerprint density at radius 3 is 1.38 bits per heavy atom. The van der Waals surface area contributed by atoms with Crippen molar-refractivity contribution in [1.29, 1.82) is 0 Å². The summed E-state index contributed by atoms with van der Waals surface area (Å²) in [5.74, 6) is 0. The Morgan fingerprint density at radius 2 is 1.07 bits per heavy atom. The second kappa shape index (κ2) is 11.2. The van der Waals surface area contributed by atoms with E-state index >= 15 is 0 Å². The molecule has 9 N–H and O–H groups in total. The lowest BCUT2D eigenvalue weighted by Gasteiger charge is -2.40. The summed E-state index contributed by atoms with van der Waals surface area (Å²) in [6.45, 7) is -1.37. The third kappa shape index (κ3) is 5.80. The zero-order chi connectivity index (χ0) is 21.7. The first-order chi connectivity index (χ1) is 13.7. The SMILES string of the molecule is CNC(COC1O[C@H](CO)[C@@H](O)[C@H](O)[C@H]1O)CO[C@H]1O[C@H](CO)[C@@H](O)[C@H](O)[C@H]1O. The van der Waals surface area contributed by atoms with Crippen molar-refractivity contribution < 1.29 is 59.8 Å². The zero-order valence-corrected chi connectivity index (χ0v) is 15.9. The number of hydrogen-bond donors (Lipinski definition) is 9. The third-order valence-electron chi connectivity index (χ3n) is 5.03. The fourth-order valence-electron chi connectivity index (χ4n) is 3.05. The van der Waals surface area contributed by atoms with E-state index in [1.165, 1.54) is 0 Å². The summed E-state index contributed by atoms with van der Waals surface area (Å²) in [6, 6.07) is -0.519. The number of aliphatic hydroxyl groups excluding tert-OH is 8. The van der Waals surface area contributed by atoms with E-state index in [4.69, 9.17) is 18.9 Å². The van der Waals surface area contributed by atoms with Crippen LogP contribution in [-0.2, 0) is 18.9 Å². The molecule has 2 rings (SSSR count). The number of likely N-dealkylation sites (N-methyl/N-ethyl adjacent to an activating group) is 1. The summed E-state index contributed by atoms with van der Waals surface area (Å²) in [7, 11) is 1.58. The molecular formula is C16H31NO12. The quantitative estimate of drug-likeness (QED) is 0.167. The number of rotatable bonds is 9. The summed E-state index contributed by atoms with van der Waals surface area (Å²) in [6.07, 6.45) is -14.0. The maximum Gasteiger partial charge on any atom is 0.186 e. The van der Waals surface area contributed by atoms with E-state index in [0.717, 1.165) is 0 Å². The first-order valence-electron chi connectivity index (χ1n) is 9.26. The average Bonchev–Trinajstić information content (AvgIpc) is 2.73. The van der Waals surface area contributed by atoms with Gasteiger partial charge in [0.2, 0.25) is 0 Å². The van der Waals surface area contributed by atoms with Crippen molar-refractivity contribution >= 4 is 0 Å². The van der Waals surface area contributed by atoms with Crippen LogP contribution in [0.15, 0.2) is 0 Å². The predicted molar refractivity (Wildman–Crippen MR) is 92.3 cm³/mol. The van der Waals surface area contributed by atoms with Crippen LogP contribution in [0.4, 0.5) is 0 Å². The fourth-order valence-corrected chi connectivity index (χ4v) is 3.05. The molecule has 2 aliphatic heterocycles. The minimum atomic E-state index is -1.57. The Bertz CT molecular complexity index is 443. The summed E-state index contributed by atoms with van der Waals surface area (Å²) < 4.78 is 21.3. The standard InChI is InChI=1S/C16H31NO12/c1-17-6(4-26-15-13(24)11(22)9(20)7(2-18)28-15)5-27-16-14(25)12(23)10(21)8(3-19)29-16/h6-25H,2-5H2,1H3/t6?,7-,8-,9-,10-,11+,12+,13-,14-,15+,16?/m1/s1. The second-order valence-electron chi connectivity index (χ2n) is 7.05. The van der Waals surface area contributed by atoms with Crippen molar-refractivity contribution in [2.24, 2.45) is 0 Å². The van der Waals surface area contributed by atoms with Gasteiger partial charge in [-0.2, -0.15) is 0 Å². The number of hydrogen-bond acceptors (Lipinski definition) is 13. The average molecular weight is 429 g/mol. The molecule has 172 valence electrons. The maximum atomic E-state index is 9.96. The van der Waals surface area contributed by atoms with E-state index in [2.05, 4.69) is 5.32 Å². The van der Waals surface area contributed by atoms with E-state index in [9.17, 15) is 40.9 Å². The van der Waals surface area contributed by atoms with Gasteiger partial charge in [-0.15, -0.1) is 0 Å². The molecule has 2 aliphatic rings. The highest BCUT2D eigenvalue weighted by molar-refractivity contribution is 4.90. The highest BCUT2D eigenvalue weighted by Crippen LogP contribution is 2.23. The first kappa shape index (κ1) is 24.7. The van der Waals surface area contributed by atoms with E-state index in [-0.39, 0.29) is 13.2 Å². The van der Waals surface area contributed by atoms with Crippen LogP contribution in [0.5, 0.6) is 0 Å². The van der Waals surface area contributed by atoms with Crippen molar-refractivity contribution in [3.63, 3.8) is 0 Å². The minimum Gasteiger partial charge on any atom is -0.394 e. The normalized spacial score (nSPS) is 44.6. The lowest BCUT2D eigenvalue weighted by atomic mass is 9.99. The Morgan fingerprint density at radius 1 is 0.690 bits per heavy atom. The van der Waals surface area contributed by atoms with Crippen molar-refractivity contribution in [3.05, 3.63) is 0 Å². The fraction of sp³-hybridized carbons (Fsp3) is 1.00. The molecule has 0 aromatic heterocycles. The monoisotopic (exact) mass is 429 g/mol. The van der Waals surface area contributed by atoms with Crippen LogP contribution in [0.3, 0.4) is 0 Å². The Balaban J connectivity index is 1.86. The molecule has 0 aliphatic carbocycles. The minimum absolute atomic E-state index is 0.101. The molecule has 0 bridgehead atoms. The van der Waals surface area contributed by atoms with Crippen LogP contribution >= 0.6 is 0 Å². The molecule has 13 nitrogen and oxygen atoms in total. The molecule has 2 heterocycles. The highest BCUT2D eigenvalue weighted by Gasteiger charge is 2.45. The largest absolute Gasteiger partial charge is 0.394 e. The van der Waals surface area contributed by atoms with Crippen molar-refractivity contribution in [3.8, 4) is 0 Å².